The highest BCUT2D eigenvalue weighted by Gasteiger charge is 2.07. The van der Waals surface area contributed by atoms with Gasteiger partial charge >= 0.3 is 6.09 Å². The van der Waals surface area contributed by atoms with Crippen LogP contribution in [0.2, 0.25) is 0 Å². The highest BCUT2D eigenvalue weighted by molar-refractivity contribution is 5.74. The van der Waals surface area contributed by atoms with Crippen LogP contribution in [0.5, 0.6) is 0 Å². The SMILES string of the molecule is NNC(=O)On1nnc2ccccc21. The van der Waals surface area contributed by atoms with Gasteiger partial charge in [0.2, 0.25) is 0 Å². The monoisotopic (exact) mass is 193 g/mol. The molecule has 1 heterocycles. The second-order valence-electron chi connectivity index (χ2n) is 2.47. The summed E-state index contributed by atoms with van der Waals surface area (Å²) in [7, 11) is 0. The minimum atomic E-state index is -0.805. The predicted molar refractivity (Wildman–Crippen MR) is 46.8 cm³/mol. The molecule has 0 radical (unpaired) electrons. The molecule has 2 aromatic rings. The van der Waals surface area contributed by atoms with E-state index in [9.17, 15) is 4.79 Å². The van der Waals surface area contributed by atoms with Crippen molar-refractivity contribution in [2.24, 2.45) is 5.84 Å². The first-order valence-electron chi connectivity index (χ1n) is 3.80. The molecule has 72 valence electrons. The molecule has 0 saturated heterocycles. The van der Waals surface area contributed by atoms with Crippen molar-refractivity contribution in [2.45, 2.75) is 0 Å². The Morgan fingerprint density at radius 2 is 2.29 bits per heavy atom. The maximum absolute atomic E-state index is 10.8. The first-order chi connectivity index (χ1) is 6.81. The first kappa shape index (κ1) is 8.45. The Labute approximate surface area is 78.4 Å². The lowest BCUT2D eigenvalue weighted by Crippen LogP contribution is -2.37. The van der Waals surface area contributed by atoms with Gasteiger partial charge in [-0.05, 0) is 17.3 Å². The molecule has 1 aromatic carbocycles. The quantitative estimate of drug-likeness (QED) is 0.274. The third kappa shape index (κ3) is 1.36. The molecule has 0 bridgehead atoms. The number of nitrogens with zero attached hydrogens (tertiary/aromatic N) is 3. The lowest BCUT2D eigenvalue weighted by Gasteiger charge is -2.00. The Hall–Kier alpha value is -2.15. The summed E-state index contributed by atoms with van der Waals surface area (Å²) in [4.78, 5) is 16.5. The van der Waals surface area contributed by atoms with Crippen molar-refractivity contribution in [3.05, 3.63) is 24.3 Å². The summed E-state index contributed by atoms with van der Waals surface area (Å²) in [6, 6.07) is 7.07. The Balaban J connectivity index is 2.38. The number of carbonyl (C=O) groups excluding carboxylic acids is 1. The Morgan fingerprint density at radius 3 is 3.07 bits per heavy atom. The molecule has 14 heavy (non-hydrogen) atoms. The molecule has 0 fully saturated rings. The fourth-order valence-corrected chi connectivity index (χ4v) is 1.02. The Kier molecular flexibility index (Phi) is 1.99. The number of nitrogens with two attached hydrogens (primary N) is 1. The van der Waals surface area contributed by atoms with E-state index in [1.54, 1.807) is 18.2 Å². The number of nitrogens with one attached hydrogen (secondary N) is 1. The fraction of sp³-hybridized carbons (Fsp3) is 0. The van der Waals surface area contributed by atoms with Crippen LogP contribution in [0.3, 0.4) is 0 Å². The van der Waals surface area contributed by atoms with Crippen molar-refractivity contribution >= 4 is 17.1 Å². The average Bonchev–Trinajstić information content (AvgIpc) is 2.62. The number of hydrazine groups is 1. The highest BCUT2D eigenvalue weighted by Crippen LogP contribution is 2.07. The van der Waals surface area contributed by atoms with Crippen LogP contribution >= 0.6 is 0 Å². The van der Waals surface area contributed by atoms with Gasteiger partial charge in [0, 0.05) is 0 Å². The summed E-state index contributed by atoms with van der Waals surface area (Å²) in [5.41, 5.74) is 3.05. The van der Waals surface area contributed by atoms with Gasteiger partial charge in [0.15, 0.2) is 0 Å². The maximum atomic E-state index is 10.8. The molecular weight excluding hydrogens is 186 g/mol. The van der Waals surface area contributed by atoms with E-state index in [4.69, 9.17) is 5.84 Å². The standard InChI is InChI=1S/C7H7N5O2/c8-9-7(13)14-12-6-4-2-1-3-5(6)10-11-12/h1-4H,8H2,(H,9,13). The van der Waals surface area contributed by atoms with Gasteiger partial charge in [0.1, 0.15) is 11.0 Å². The number of amides is 1. The number of rotatable bonds is 1. The van der Waals surface area contributed by atoms with Crippen LogP contribution in [0.4, 0.5) is 4.79 Å². The largest absolute Gasteiger partial charge is 0.447 e. The summed E-state index contributed by atoms with van der Waals surface area (Å²) in [5.74, 6) is 4.85. The summed E-state index contributed by atoms with van der Waals surface area (Å²) in [5, 5.41) is 7.38. The smallest absolute Gasteiger partial charge is 0.296 e. The van der Waals surface area contributed by atoms with Gasteiger partial charge in [0.05, 0.1) is 0 Å². The minimum Gasteiger partial charge on any atom is -0.296 e. The fourth-order valence-electron chi connectivity index (χ4n) is 1.02. The number of aromatic nitrogens is 3. The molecule has 0 spiro atoms. The first-order valence-corrected chi connectivity index (χ1v) is 3.80. The van der Waals surface area contributed by atoms with Gasteiger partial charge in [-0.15, -0.1) is 5.10 Å². The molecule has 0 aliphatic rings. The van der Waals surface area contributed by atoms with Crippen LogP contribution in [0, 0.1) is 0 Å². The van der Waals surface area contributed by atoms with Crippen molar-refractivity contribution in [1.82, 2.24) is 20.6 Å². The van der Waals surface area contributed by atoms with Crippen molar-refractivity contribution in [3.8, 4) is 0 Å². The zero-order chi connectivity index (χ0) is 9.97. The highest BCUT2D eigenvalue weighted by atomic mass is 16.7. The molecule has 1 amide bonds. The maximum Gasteiger partial charge on any atom is 0.447 e. The van der Waals surface area contributed by atoms with E-state index in [-0.39, 0.29) is 0 Å². The molecule has 0 unspecified atom stereocenters. The number of carbonyl (C=O) groups is 1. The lowest BCUT2D eigenvalue weighted by atomic mass is 10.3. The van der Waals surface area contributed by atoms with E-state index in [1.165, 1.54) is 0 Å². The van der Waals surface area contributed by atoms with Gasteiger partial charge in [-0.1, -0.05) is 17.0 Å². The van der Waals surface area contributed by atoms with Crippen molar-refractivity contribution < 1.29 is 9.63 Å². The molecule has 3 N–H and O–H groups in total. The Morgan fingerprint density at radius 1 is 1.50 bits per heavy atom. The third-order valence-corrected chi connectivity index (χ3v) is 1.61. The molecule has 0 aliphatic heterocycles. The van der Waals surface area contributed by atoms with Crippen LogP contribution in [0.15, 0.2) is 24.3 Å². The molecule has 7 heteroatoms. The van der Waals surface area contributed by atoms with Gasteiger partial charge in [0.25, 0.3) is 0 Å². The predicted octanol–water partition coefficient (Wildman–Crippen LogP) is -0.557. The number of hydrogen-bond acceptors (Lipinski definition) is 5. The summed E-state index contributed by atoms with van der Waals surface area (Å²) < 4.78 is 0. The average molecular weight is 193 g/mol. The molecular formula is C7H7N5O2. The Bertz CT molecular complexity index is 466. The minimum absolute atomic E-state index is 0.594. The van der Waals surface area contributed by atoms with E-state index < -0.39 is 6.09 Å². The zero-order valence-corrected chi connectivity index (χ0v) is 7.04. The van der Waals surface area contributed by atoms with E-state index in [0.29, 0.717) is 11.0 Å². The van der Waals surface area contributed by atoms with Crippen molar-refractivity contribution in [2.75, 3.05) is 0 Å². The van der Waals surface area contributed by atoms with E-state index in [2.05, 4.69) is 15.1 Å². The second-order valence-corrected chi connectivity index (χ2v) is 2.47. The van der Waals surface area contributed by atoms with Crippen LogP contribution in [0.25, 0.3) is 11.0 Å². The normalized spacial score (nSPS) is 10.1. The third-order valence-electron chi connectivity index (χ3n) is 1.61. The zero-order valence-electron chi connectivity index (χ0n) is 7.04. The molecule has 2 rings (SSSR count). The van der Waals surface area contributed by atoms with Gasteiger partial charge < -0.3 is 0 Å². The van der Waals surface area contributed by atoms with Crippen molar-refractivity contribution in [3.63, 3.8) is 0 Å². The second kappa shape index (κ2) is 3.30. The van der Waals surface area contributed by atoms with E-state index >= 15 is 0 Å². The topological polar surface area (TPSA) is 95.1 Å². The number of benzene rings is 1. The van der Waals surface area contributed by atoms with E-state index in [0.717, 1.165) is 4.85 Å². The summed E-state index contributed by atoms with van der Waals surface area (Å²) in [6.07, 6.45) is -0.805. The molecule has 0 saturated carbocycles. The number of para-hydroxylation sites is 1. The van der Waals surface area contributed by atoms with Gasteiger partial charge in [-0.25, -0.2) is 10.6 Å². The van der Waals surface area contributed by atoms with E-state index in [1.807, 2.05) is 11.5 Å². The molecule has 1 aromatic heterocycles. The van der Waals surface area contributed by atoms with Crippen molar-refractivity contribution in [1.29, 1.82) is 0 Å². The number of hydrogen-bond donors (Lipinski definition) is 2. The van der Waals surface area contributed by atoms with Crippen LogP contribution in [-0.4, -0.2) is 21.3 Å². The molecule has 7 nitrogen and oxygen atoms in total. The van der Waals surface area contributed by atoms with Gasteiger partial charge in [-0.2, -0.15) is 0 Å². The number of fused-ring (bicyclic) bond motifs is 1. The summed E-state index contributed by atoms with van der Waals surface area (Å²) in [6.45, 7) is 0. The van der Waals surface area contributed by atoms with Gasteiger partial charge in [-0.3, -0.25) is 10.3 Å². The van der Waals surface area contributed by atoms with Crippen LogP contribution in [-0.2, 0) is 0 Å². The lowest BCUT2D eigenvalue weighted by molar-refractivity contribution is 0.119. The molecule has 0 atom stereocenters. The molecule has 0 aliphatic carbocycles. The van der Waals surface area contributed by atoms with Crippen LogP contribution in [0.1, 0.15) is 0 Å². The van der Waals surface area contributed by atoms with Crippen LogP contribution < -0.4 is 16.1 Å². The summed E-state index contributed by atoms with van der Waals surface area (Å²) >= 11 is 0.